The van der Waals surface area contributed by atoms with Gasteiger partial charge in [0, 0.05) is 18.4 Å². The molecule has 1 fully saturated rings. The first-order valence-electron chi connectivity index (χ1n) is 5.30. The summed E-state index contributed by atoms with van der Waals surface area (Å²) in [6.45, 7) is 2.85. The van der Waals surface area contributed by atoms with Gasteiger partial charge in [0.1, 0.15) is 4.99 Å². The molecule has 1 aromatic heterocycles. The van der Waals surface area contributed by atoms with Gasteiger partial charge in [0.15, 0.2) is 0 Å². The molecule has 16 heavy (non-hydrogen) atoms. The molecule has 0 aliphatic carbocycles. The van der Waals surface area contributed by atoms with E-state index in [1.807, 2.05) is 6.07 Å². The summed E-state index contributed by atoms with van der Waals surface area (Å²) >= 11 is 5.00. The molecule has 0 saturated carbocycles. The van der Waals surface area contributed by atoms with Gasteiger partial charge in [-0.25, -0.2) is 0 Å². The molecule has 0 spiro atoms. The predicted molar refractivity (Wildman–Crippen MR) is 67.6 cm³/mol. The van der Waals surface area contributed by atoms with Gasteiger partial charge >= 0.3 is 0 Å². The van der Waals surface area contributed by atoms with Crippen molar-refractivity contribution in [1.82, 2.24) is 4.98 Å². The number of pyridine rings is 1. The molecule has 1 saturated heterocycles. The molecule has 0 bridgehead atoms. The van der Waals surface area contributed by atoms with Gasteiger partial charge in [0.25, 0.3) is 0 Å². The topological polar surface area (TPSA) is 60.2 Å². The summed E-state index contributed by atoms with van der Waals surface area (Å²) in [7, 11) is 0. The van der Waals surface area contributed by atoms with Crippen LogP contribution in [0.25, 0.3) is 0 Å². The Kier molecular flexibility index (Phi) is 3.36. The fourth-order valence-corrected chi connectivity index (χ4v) is 2.02. The summed E-state index contributed by atoms with van der Waals surface area (Å²) in [5, 5.41) is 3.39. The van der Waals surface area contributed by atoms with E-state index >= 15 is 0 Å². The fraction of sp³-hybridized carbons (Fsp3) is 0.455. The van der Waals surface area contributed by atoms with E-state index in [2.05, 4.69) is 17.2 Å². The zero-order valence-electron chi connectivity index (χ0n) is 9.14. The molecule has 2 rings (SSSR count). The first-order chi connectivity index (χ1) is 7.68. The maximum Gasteiger partial charge on any atom is 0.106 e. The van der Waals surface area contributed by atoms with Crippen molar-refractivity contribution in [3.63, 3.8) is 0 Å². The van der Waals surface area contributed by atoms with Gasteiger partial charge in [-0.1, -0.05) is 12.2 Å². The van der Waals surface area contributed by atoms with Crippen LogP contribution in [-0.4, -0.2) is 28.7 Å². The lowest BCUT2D eigenvalue weighted by atomic mass is 10.1. The van der Waals surface area contributed by atoms with E-state index in [1.54, 1.807) is 12.4 Å². The molecular weight excluding hydrogens is 222 g/mol. The Bertz CT molecular complexity index is 397. The van der Waals surface area contributed by atoms with Crippen molar-refractivity contribution >= 4 is 22.9 Å². The third kappa shape index (κ3) is 2.31. The number of thiocarbonyl (C=S) groups is 1. The zero-order chi connectivity index (χ0) is 11.5. The van der Waals surface area contributed by atoms with Crippen molar-refractivity contribution in [2.24, 2.45) is 5.73 Å². The Morgan fingerprint density at radius 3 is 3.12 bits per heavy atom. The van der Waals surface area contributed by atoms with Crippen LogP contribution < -0.4 is 11.1 Å². The highest BCUT2D eigenvalue weighted by molar-refractivity contribution is 7.80. The largest absolute Gasteiger partial charge is 0.389 e. The van der Waals surface area contributed by atoms with Crippen LogP contribution in [0.5, 0.6) is 0 Å². The maximum absolute atomic E-state index is 5.66. The third-order valence-corrected chi connectivity index (χ3v) is 3.02. The molecule has 0 radical (unpaired) electrons. The smallest absolute Gasteiger partial charge is 0.106 e. The molecule has 5 heteroatoms. The summed E-state index contributed by atoms with van der Waals surface area (Å²) in [6, 6.07) is 2.13. The molecule has 1 aliphatic rings. The Morgan fingerprint density at radius 2 is 2.50 bits per heavy atom. The Balaban J connectivity index is 2.17. The summed E-state index contributed by atoms with van der Waals surface area (Å²) in [6.07, 6.45) is 4.64. The molecule has 2 unspecified atom stereocenters. The number of nitrogens with two attached hydrogens (primary N) is 1. The van der Waals surface area contributed by atoms with E-state index in [1.165, 1.54) is 0 Å². The Labute approximate surface area is 100 Å². The molecule has 86 valence electrons. The van der Waals surface area contributed by atoms with Gasteiger partial charge in [-0.05, 0) is 19.4 Å². The summed E-state index contributed by atoms with van der Waals surface area (Å²) in [5.74, 6) is 0. The summed E-state index contributed by atoms with van der Waals surface area (Å²) in [4.78, 5) is 4.46. The number of rotatable bonds is 3. The Morgan fingerprint density at radius 1 is 1.69 bits per heavy atom. The number of hydrogen-bond acceptors (Lipinski definition) is 4. The van der Waals surface area contributed by atoms with Crippen LogP contribution in [0, 0.1) is 0 Å². The van der Waals surface area contributed by atoms with Crippen molar-refractivity contribution < 1.29 is 4.74 Å². The minimum Gasteiger partial charge on any atom is -0.389 e. The second-order valence-corrected chi connectivity index (χ2v) is 4.34. The number of nitrogens with one attached hydrogen (secondary N) is 1. The predicted octanol–water partition coefficient (Wildman–Crippen LogP) is 1.31. The van der Waals surface area contributed by atoms with Crippen molar-refractivity contribution in [2.75, 3.05) is 11.9 Å². The molecule has 1 aliphatic heterocycles. The van der Waals surface area contributed by atoms with E-state index in [0.717, 1.165) is 24.3 Å². The zero-order valence-corrected chi connectivity index (χ0v) is 9.96. The molecule has 3 N–H and O–H groups in total. The first kappa shape index (κ1) is 11.3. The molecular formula is C11H15N3OS. The highest BCUT2D eigenvalue weighted by Crippen LogP contribution is 2.21. The lowest BCUT2D eigenvalue weighted by molar-refractivity contribution is 0.121. The first-order valence-corrected chi connectivity index (χ1v) is 5.71. The van der Waals surface area contributed by atoms with Crippen LogP contribution >= 0.6 is 12.2 Å². The quantitative estimate of drug-likeness (QED) is 0.776. The second kappa shape index (κ2) is 4.76. The van der Waals surface area contributed by atoms with Crippen molar-refractivity contribution in [1.29, 1.82) is 0 Å². The number of ether oxygens (including phenoxy) is 1. The van der Waals surface area contributed by atoms with E-state index in [4.69, 9.17) is 22.7 Å². The lowest BCUT2D eigenvalue weighted by Crippen LogP contribution is -2.28. The van der Waals surface area contributed by atoms with Crippen LogP contribution in [0.4, 0.5) is 5.69 Å². The minimum absolute atomic E-state index is 0.208. The SMILES string of the molecule is CC1OCCC1Nc1cnccc1C(N)=S. The average Bonchev–Trinajstić information content (AvgIpc) is 2.65. The molecule has 4 nitrogen and oxygen atoms in total. The van der Waals surface area contributed by atoms with Gasteiger partial charge in [0.05, 0.1) is 24.0 Å². The highest BCUT2D eigenvalue weighted by Gasteiger charge is 2.24. The lowest BCUT2D eigenvalue weighted by Gasteiger charge is -2.19. The Hall–Kier alpha value is -1.20. The molecule has 2 atom stereocenters. The van der Waals surface area contributed by atoms with E-state index in [0.29, 0.717) is 11.0 Å². The van der Waals surface area contributed by atoms with E-state index < -0.39 is 0 Å². The summed E-state index contributed by atoms with van der Waals surface area (Å²) < 4.78 is 5.49. The van der Waals surface area contributed by atoms with E-state index in [-0.39, 0.29) is 6.10 Å². The molecule has 0 amide bonds. The molecule has 2 heterocycles. The van der Waals surface area contributed by atoms with Crippen molar-refractivity contribution in [3.8, 4) is 0 Å². The van der Waals surface area contributed by atoms with Crippen molar-refractivity contribution in [3.05, 3.63) is 24.0 Å². The number of anilines is 1. The monoisotopic (exact) mass is 237 g/mol. The summed E-state index contributed by atoms with van der Waals surface area (Å²) in [5.41, 5.74) is 7.38. The maximum atomic E-state index is 5.66. The minimum atomic E-state index is 0.208. The third-order valence-electron chi connectivity index (χ3n) is 2.80. The number of nitrogens with zero attached hydrogens (tertiary/aromatic N) is 1. The molecule has 1 aromatic rings. The number of hydrogen-bond donors (Lipinski definition) is 2. The van der Waals surface area contributed by atoms with Crippen LogP contribution in [-0.2, 0) is 4.74 Å². The average molecular weight is 237 g/mol. The van der Waals surface area contributed by atoms with Crippen LogP contribution in [0.15, 0.2) is 18.5 Å². The van der Waals surface area contributed by atoms with Crippen LogP contribution in [0.2, 0.25) is 0 Å². The highest BCUT2D eigenvalue weighted by atomic mass is 32.1. The van der Waals surface area contributed by atoms with Crippen LogP contribution in [0.1, 0.15) is 18.9 Å². The second-order valence-electron chi connectivity index (χ2n) is 3.90. The van der Waals surface area contributed by atoms with Gasteiger partial charge in [-0.3, -0.25) is 4.98 Å². The van der Waals surface area contributed by atoms with Crippen molar-refractivity contribution in [2.45, 2.75) is 25.5 Å². The standard InChI is InChI=1S/C11H15N3OS/c1-7-9(3-5-15-7)14-10-6-13-4-2-8(10)11(12)16/h2,4,6-7,9,14H,3,5H2,1H3,(H2,12,16). The molecule has 0 aromatic carbocycles. The normalized spacial score (nSPS) is 24.3. The fourth-order valence-electron chi connectivity index (χ4n) is 1.85. The van der Waals surface area contributed by atoms with E-state index in [9.17, 15) is 0 Å². The van der Waals surface area contributed by atoms with Gasteiger partial charge in [0.2, 0.25) is 0 Å². The van der Waals surface area contributed by atoms with Crippen LogP contribution in [0.3, 0.4) is 0 Å². The number of aromatic nitrogens is 1. The van der Waals surface area contributed by atoms with Gasteiger partial charge in [-0.15, -0.1) is 0 Å². The van der Waals surface area contributed by atoms with Gasteiger partial charge < -0.3 is 15.8 Å². The van der Waals surface area contributed by atoms with Gasteiger partial charge in [-0.2, -0.15) is 0 Å².